The largest absolute Gasteiger partial charge is 0.497 e. The van der Waals surface area contributed by atoms with Crippen molar-refractivity contribution in [3.05, 3.63) is 59.7 Å². The van der Waals surface area contributed by atoms with Crippen molar-refractivity contribution in [1.29, 1.82) is 0 Å². The van der Waals surface area contributed by atoms with Gasteiger partial charge in [-0.05, 0) is 48.7 Å². The molecule has 1 aliphatic heterocycles. The van der Waals surface area contributed by atoms with E-state index in [-0.39, 0.29) is 11.4 Å². The Morgan fingerprint density at radius 2 is 1.92 bits per heavy atom. The van der Waals surface area contributed by atoms with Gasteiger partial charge in [-0.3, -0.25) is 0 Å². The highest BCUT2D eigenvalue weighted by Gasteiger charge is 2.40. The molecule has 0 spiro atoms. The van der Waals surface area contributed by atoms with E-state index in [0.717, 1.165) is 11.1 Å². The highest BCUT2D eigenvalue weighted by Crippen LogP contribution is 2.37. The van der Waals surface area contributed by atoms with Crippen LogP contribution in [0.2, 0.25) is 0 Å². The number of aryl methyl sites for hydroxylation is 1. The zero-order chi connectivity index (χ0) is 17.3. The summed E-state index contributed by atoms with van der Waals surface area (Å²) in [6.45, 7) is 1.95. The first kappa shape index (κ1) is 17.0. The molecule has 1 heterocycles. The third kappa shape index (κ3) is 3.17. The molecule has 1 fully saturated rings. The Bertz CT molecular complexity index is 834. The molecule has 2 atom stereocenters. The van der Waals surface area contributed by atoms with Crippen LogP contribution in [-0.4, -0.2) is 37.6 Å². The Kier molecular flexibility index (Phi) is 4.62. The van der Waals surface area contributed by atoms with E-state index in [2.05, 4.69) is 0 Å². The smallest absolute Gasteiger partial charge is 0.243 e. The zero-order valence-electron chi connectivity index (χ0n) is 13.7. The Balaban J connectivity index is 2.01. The average molecular weight is 347 g/mol. The van der Waals surface area contributed by atoms with E-state index in [9.17, 15) is 13.5 Å². The van der Waals surface area contributed by atoms with Crippen molar-refractivity contribution in [2.24, 2.45) is 0 Å². The van der Waals surface area contributed by atoms with Gasteiger partial charge in [0.05, 0.1) is 24.2 Å². The van der Waals surface area contributed by atoms with Gasteiger partial charge >= 0.3 is 0 Å². The maximum atomic E-state index is 13.1. The predicted molar refractivity (Wildman–Crippen MR) is 91.4 cm³/mol. The van der Waals surface area contributed by atoms with Crippen LogP contribution in [0.15, 0.2) is 53.4 Å². The third-order valence-electron chi connectivity index (χ3n) is 4.31. The molecule has 1 N–H and O–H groups in total. The molecule has 3 rings (SSSR count). The molecule has 0 unspecified atom stereocenters. The van der Waals surface area contributed by atoms with Crippen molar-refractivity contribution in [2.45, 2.75) is 30.4 Å². The molecule has 2 aromatic rings. The summed E-state index contributed by atoms with van der Waals surface area (Å²) in [4.78, 5) is 0.254. The molecule has 128 valence electrons. The number of methoxy groups -OCH3 is 1. The average Bonchev–Trinajstić information content (AvgIpc) is 2.97. The fourth-order valence-corrected chi connectivity index (χ4v) is 4.88. The maximum Gasteiger partial charge on any atom is 0.243 e. The molecule has 1 saturated heterocycles. The summed E-state index contributed by atoms with van der Waals surface area (Å²) in [5.74, 6) is 0.668. The number of hydrogen-bond acceptors (Lipinski definition) is 4. The summed E-state index contributed by atoms with van der Waals surface area (Å²) >= 11 is 0. The molecule has 1 aliphatic rings. The van der Waals surface area contributed by atoms with Gasteiger partial charge in [-0.15, -0.1) is 0 Å². The second-order valence-corrected chi connectivity index (χ2v) is 7.96. The summed E-state index contributed by atoms with van der Waals surface area (Å²) in [5, 5.41) is 10.1. The van der Waals surface area contributed by atoms with E-state index in [1.54, 1.807) is 25.3 Å². The molecule has 24 heavy (non-hydrogen) atoms. The van der Waals surface area contributed by atoms with Gasteiger partial charge in [0, 0.05) is 6.54 Å². The predicted octanol–water partition coefficient (Wildman–Crippen LogP) is 2.50. The lowest BCUT2D eigenvalue weighted by Gasteiger charge is -2.24. The third-order valence-corrected chi connectivity index (χ3v) is 6.18. The lowest BCUT2D eigenvalue weighted by atomic mass is 10.0. The first-order valence-electron chi connectivity index (χ1n) is 7.82. The highest BCUT2D eigenvalue weighted by atomic mass is 32.2. The molecule has 5 nitrogen and oxygen atoms in total. The summed E-state index contributed by atoms with van der Waals surface area (Å²) in [6.07, 6.45) is -0.307. The maximum absolute atomic E-state index is 13.1. The van der Waals surface area contributed by atoms with Crippen LogP contribution < -0.4 is 4.74 Å². The fourth-order valence-electron chi connectivity index (χ4n) is 3.11. The van der Waals surface area contributed by atoms with Crippen LogP contribution in [0.4, 0.5) is 0 Å². The molecule has 0 radical (unpaired) electrons. The van der Waals surface area contributed by atoms with Crippen LogP contribution in [0.25, 0.3) is 0 Å². The van der Waals surface area contributed by atoms with E-state index < -0.39 is 22.2 Å². The van der Waals surface area contributed by atoms with Crippen LogP contribution in [0.1, 0.15) is 23.6 Å². The standard InChI is InChI=1S/C18H21NO4S/c1-13-5-3-8-17(9-13)24(21,22)19-12-15(20)11-18(19)14-6-4-7-16(10-14)23-2/h3-10,15,18,20H,11-12H2,1-2H3/t15-,18+/m1/s1. The van der Waals surface area contributed by atoms with Crippen molar-refractivity contribution >= 4 is 10.0 Å². The number of hydrogen-bond donors (Lipinski definition) is 1. The Hall–Kier alpha value is -1.89. The minimum absolute atomic E-state index is 0.0954. The van der Waals surface area contributed by atoms with Crippen LogP contribution in [0.5, 0.6) is 5.75 Å². The summed E-state index contributed by atoms with van der Waals surface area (Å²) < 4.78 is 32.7. The highest BCUT2D eigenvalue weighted by molar-refractivity contribution is 7.89. The number of aliphatic hydroxyl groups excluding tert-OH is 1. The van der Waals surface area contributed by atoms with E-state index in [1.165, 1.54) is 4.31 Å². The van der Waals surface area contributed by atoms with Crippen LogP contribution >= 0.6 is 0 Å². The van der Waals surface area contributed by atoms with E-state index in [0.29, 0.717) is 12.2 Å². The monoisotopic (exact) mass is 347 g/mol. The molecule has 0 aromatic heterocycles. The molecule has 6 heteroatoms. The van der Waals surface area contributed by atoms with E-state index in [4.69, 9.17) is 4.74 Å². The lowest BCUT2D eigenvalue weighted by molar-refractivity contribution is 0.188. The fraction of sp³-hybridized carbons (Fsp3) is 0.333. The van der Waals surface area contributed by atoms with Crippen molar-refractivity contribution in [1.82, 2.24) is 4.31 Å². The second kappa shape index (κ2) is 6.55. The van der Waals surface area contributed by atoms with Crippen molar-refractivity contribution < 1.29 is 18.3 Å². The number of ether oxygens (including phenoxy) is 1. The lowest BCUT2D eigenvalue weighted by Crippen LogP contribution is -2.32. The molecule has 0 bridgehead atoms. The number of aliphatic hydroxyl groups is 1. The quantitative estimate of drug-likeness (QED) is 0.923. The summed E-state index contributed by atoms with van der Waals surface area (Å²) in [6, 6.07) is 13.8. The Labute approximate surface area is 142 Å². The van der Waals surface area contributed by atoms with Crippen molar-refractivity contribution in [3.63, 3.8) is 0 Å². The van der Waals surface area contributed by atoms with Crippen molar-refractivity contribution in [3.8, 4) is 5.75 Å². The SMILES string of the molecule is COc1cccc([C@@H]2C[C@@H](O)CN2S(=O)(=O)c2cccc(C)c2)c1. The molecular formula is C18H21NO4S. The normalized spacial score (nSPS) is 21.8. The molecule has 0 amide bonds. The van der Waals surface area contributed by atoms with Gasteiger partial charge in [-0.25, -0.2) is 8.42 Å². The summed E-state index contributed by atoms with van der Waals surface area (Å²) in [5.41, 5.74) is 1.70. The van der Waals surface area contributed by atoms with Gasteiger partial charge in [-0.2, -0.15) is 4.31 Å². The molecule has 0 saturated carbocycles. The minimum Gasteiger partial charge on any atom is -0.497 e. The Morgan fingerprint density at radius 3 is 2.62 bits per heavy atom. The van der Waals surface area contributed by atoms with Gasteiger partial charge in [0.1, 0.15) is 5.75 Å². The van der Waals surface area contributed by atoms with Gasteiger partial charge in [0.15, 0.2) is 0 Å². The Morgan fingerprint density at radius 1 is 1.17 bits per heavy atom. The number of nitrogens with zero attached hydrogens (tertiary/aromatic N) is 1. The minimum atomic E-state index is -3.68. The molecular weight excluding hydrogens is 326 g/mol. The van der Waals surface area contributed by atoms with Gasteiger partial charge in [0.2, 0.25) is 10.0 Å². The topological polar surface area (TPSA) is 66.8 Å². The second-order valence-electron chi connectivity index (χ2n) is 6.07. The van der Waals surface area contributed by atoms with Gasteiger partial charge in [0.25, 0.3) is 0 Å². The van der Waals surface area contributed by atoms with Gasteiger partial charge < -0.3 is 9.84 Å². The number of rotatable bonds is 4. The van der Waals surface area contributed by atoms with E-state index in [1.807, 2.05) is 37.3 Å². The van der Waals surface area contributed by atoms with E-state index >= 15 is 0 Å². The molecule has 0 aliphatic carbocycles. The van der Waals surface area contributed by atoms with Crippen LogP contribution in [0.3, 0.4) is 0 Å². The van der Waals surface area contributed by atoms with Gasteiger partial charge in [-0.1, -0.05) is 24.3 Å². The summed E-state index contributed by atoms with van der Waals surface area (Å²) in [7, 11) is -2.11. The zero-order valence-corrected chi connectivity index (χ0v) is 14.5. The first-order valence-corrected chi connectivity index (χ1v) is 9.26. The van der Waals surface area contributed by atoms with Crippen molar-refractivity contribution in [2.75, 3.05) is 13.7 Å². The van der Waals surface area contributed by atoms with Crippen LogP contribution in [-0.2, 0) is 10.0 Å². The van der Waals surface area contributed by atoms with Crippen LogP contribution in [0, 0.1) is 6.92 Å². The molecule has 2 aromatic carbocycles. The number of benzene rings is 2. The first-order chi connectivity index (χ1) is 11.4. The number of β-amino-alcohol motifs (C(OH)–C–C–N with tert-alkyl or cyclic N) is 1. The number of sulfonamides is 1.